The number of amides is 3. The first-order valence-corrected chi connectivity index (χ1v) is 13.7. The van der Waals surface area contributed by atoms with Gasteiger partial charge in [0.05, 0.1) is 19.8 Å². The fourth-order valence-electron chi connectivity index (χ4n) is 6.02. The summed E-state index contributed by atoms with van der Waals surface area (Å²) in [5.41, 5.74) is 7.92. The highest BCUT2D eigenvalue weighted by molar-refractivity contribution is 5.98. The number of aromatic nitrogens is 1. The van der Waals surface area contributed by atoms with Crippen LogP contribution in [0.25, 0.3) is 0 Å². The zero-order valence-corrected chi connectivity index (χ0v) is 23.4. The summed E-state index contributed by atoms with van der Waals surface area (Å²) in [6, 6.07) is 15.4. The molecule has 0 unspecified atom stereocenters. The van der Waals surface area contributed by atoms with Gasteiger partial charge in [0.1, 0.15) is 23.4 Å². The van der Waals surface area contributed by atoms with Crippen molar-refractivity contribution >= 4 is 23.5 Å². The zero-order chi connectivity index (χ0) is 29.1. The molecule has 4 atom stereocenters. The molecule has 2 aliphatic rings. The lowest BCUT2D eigenvalue weighted by Crippen LogP contribution is -2.50. The van der Waals surface area contributed by atoms with Crippen LogP contribution < -0.4 is 30.7 Å². The van der Waals surface area contributed by atoms with E-state index in [2.05, 4.69) is 20.5 Å². The first-order valence-electron chi connectivity index (χ1n) is 13.7. The zero-order valence-electron chi connectivity index (χ0n) is 23.4. The number of benzene rings is 2. The summed E-state index contributed by atoms with van der Waals surface area (Å²) in [7, 11) is 3.15. The summed E-state index contributed by atoms with van der Waals surface area (Å²) in [4.78, 5) is 45.0. The van der Waals surface area contributed by atoms with Crippen molar-refractivity contribution in [3.8, 4) is 11.5 Å². The molecule has 214 valence electrons. The van der Waals surface area contributed by atoms with Gasteiger partial charge in [0.25, 0.3) is 11.8 Å². The Kier molecular flexibility index (Phi) is 8.09. The van der Waals surface area contributed by atoms with Gasteiger partial charge in [0.2, 0.25) is 5.91 Å². The number of nitrogens with two attached hydrogens (primary N) is 1. The Balaban J connectivity index is 1.22. The molecule has 2 bridgehead atoms. The summed E-state index contributed by atoms with van der Waals surface area (Å²) < 4.78 is 10.5. The van der Waals surface area contributed by atoms with Crippen molar-refractivity contribution in [2.45, 2.75) is 56.8 Å². The molecular weight excluding hydrogens is 522 g/mol. The van der Waals surface area contributed by atoms with Crippen LogP contribution in [-0.2, 0) is 4.79 Å². The van der Waals surface area contributed by atoms with E-state index >= 15 is 0 Å². The molecule has 4 N–H and O–H groups in total. The first kappa shape index (κ1) is 27.9. The van der Waals surface area contributed by atoms with Crippen molar-refractivity contribution in [2.24, 2.45) is 5.73 Å². The molecule has 3 aromatic rings. The van der Waals surface area contributed by atoms with Crippen LogP contribution >= 0.6 is 0 Å². The van der Waals surface area contributed by atoms with Gasteiger partial charge in [-0.2, -0.15) is 0 Å². The van der Waals surface area contributed by atoms with Gasteiger partial charge in [0.15, 0.2) is 0 Å². The minimum atomic E-state index is -0.987. The van der Waals surface area contributed by atoms with E-state index in [1.807, 2.05) is 31.2 Å². The number of carbonyl (C=O) groups excluding carboxylic acids is 3. The van der Waals surface area contributed by atoms with E-state index in [4.69, 9.17) is 15.2 Å². The fourth-order valence-corrected chi connectivity index (χ4v) is 6.02. The average molecular weight is 558 g/mol. The SMILES string of the molecule is COc1ccc([C@H](NC(=O)c2ccc(N3[C@@H]4CC[C@H]3C[C@@H](NC(=O)c3cccc(OC)c3C)C4)nc2)C(N)=O)cc1. The summed E-state index contributed by atoms with van der Waals surface area (Å²) in [5, 5.41) is 5.94. The van der Waals surface area contributed by atoms with Gasteiger partial charge in [-0.3, -0.25) is 14.4 Å². The number of hydrogen-bond donors (Lipinski definition) is 3. The molecule has 2 aromatic carbocycles. The Morgan fingerprint density at radius 1 is 0.951 bits per heavy atom. The second-order valence-electron chi connectivity index (χ2n) is 10.6. The topological polar surface area (TPSA) is 136 Å². The van der Waals surface area contributed by atoms with Gasteiger partial charge in [0, 0.05) is 35.4 Å². The van der Waals surface area contributed by atoms with Gasteiger partial charge in [-0.25, -0.2) is 4.98 Å². The number of hydrogen-bond acceptors (Lipinski definition) is 7. The van der Waals surface area contributed by atoms with Crippen molar-refractivity contribution in [3.05, 3.63) is 83.0 Å². The van der Waals surface area contributed by atoms with Gasteiger partial charge in [-0.15, -0.1) is 0 Å². The Hall–Kier alpha value is -4.60. The van der Waals surface area contributed by atoms with Crippen LogP contribution in [0.5, 0.6) is 11.5 Å². The van der Waals surface area contributed by atoms with E-state index < -0.39 is 17.9 Å². The van der Waals surface area contributed by atoms with Crippen molar-refractivity contribution in [1.29, 1.82) is 0 Å². The maximum absolute atomic E-state index is 13.1. The molecular formula is C31H35N5O5. The standard InChI is InChI=1S/C31H35N5O5/c1-18-25(5-4-6-26(18)41-3)31(39)34-21-15-22-10-11-23(16-21)36(22)27-14-9-20(17-33-27)30(38)35-28(29(32)37)19-7-12-24(40-2)13-8-19/h4-9,12-14,17,21-23,28H,10-11,15-16H2,1-3H3,(H2,32,37)(H,34,39)(H,35,38)/t21-,22+,23-,28-/m0/s1. The Morgan fingerprint density at radius 2 is 1.66 bits per heavy atom. The van der Waals surface area contributed by atoms with Crippen molar-refractivity contribution in [3.63, 3.8) is 0 Å². The van der Waals surface area contributed by atoms with Crippen LogP contribution in [0.1, 0.15) is 63.6 Å². The maximum atomic E-state index is 13.1. The van der Waals surface area contributed by atoms with Gasteiger partial charge >= 0.3 is 0 Å². The number of pyridine rings is 1. The molecule has 3 amide bonds. The lowest BCUT2D eigenvalue weighted by atomic mass is 9.96. The van der Waals surface area contributed by atoms with Crippen LogP contribution in [0.15, 0.2) is 60.8 Å². The smallest absolute Gasteiger partial charge is 0.253 e. The van der Waals surface area contributed by atoms with E-state index in [-0.39, 0.29) is 24.0 Å². The number of piperidine rings is 1. The quantitative estimate of drug-likeness (QED) is 0.367. The van der Waals surface area contributed by atoms with E-state index in [0.717, 1.165) is 37.1 Å². The van der Waals surface area contributed by atoms with Crippen LogP contribution in [0.3, 0.4) is 0 Å². The van der Waals surface area contributed by atoms with Gasteiger partial charge < -0.3 is 30.7 Å². The highest BCUT2D eigenvalue weighted by Gasteiger charge is 2.42. The molecule has 3 heterocycles. The summed E-state index contributed by atoms with van der Waals surface area (Å²) >= 11 is 0. The number of carbonyl (C=O) groups is 3. The number of nitrogens with zero attached hydrogens (tertiary/aromatic N) is 2. The summed E-state index contributed by atoms with van der Waals surface area (Å²) in [5.74, 6) is 0.930. The van der Waals surface area contributed by atoms with E-state index in [9.17, 15) is 14.4 Å². The fraction of sp³-hybridized carbons (Fsp3) is 0.355. The van der Waals surface area contributed by atoms with E-state index in [1.165, 1.54) is 6.20 Å². The lowest BCUT2D eigenvalue weighted by molar-refractivity contribution is -0.120. The number of ether oxygens (including phenoxy) is 2. The second kappa shape index (κ2) is 11.9. The third-order valence-corrected chi connectivity index (χ3v) is 8.10. The second-order valence-corrected chi connectivity index (χ2v) is 10.6. The van der Waals surface area contributed by atoms with E-state index in [1.54, 1.807) is 44.6 Å². The van der Waals surface area contributed by atoms with Crippen LogP contribution in [0.4, 0.5) is 5.82 Å². The molecule has 0 radical (unpaired) electrons. The molecule has 2 aliphatic heterocycles. The number of methoxy groups -OCH3 is 2. The predicted octanol–water partition coefficient (Wildman–Crippen LogP) is 3.29. The van der Waals surface area contributed by atoms with Gasteiger partial charge in [-0.05, 0) is 74.6 Å². The molecule has 41 heavy (non-hydrogen) atoms. The molecule has 0 spiro atoms. The molecule has 2 fully saturated rings. The van der Waals surface area contributed by atoms with Gasteiger partial charge in [-0.1, -0.05) is 18.2 Å². The Labute approximate surface area is 239 Å². The van der Waals surface area contributed by atoms with Crippen molar-refractivity contribution < 1.29 is 23.9 Å². The minimum Gasteiger partial charge on any atom is -0.497 e. The highest BCUT2D eigenvalue weighted by atomic mass is 16.5. The maximum Gasteiger partial charge on any atom is 0.253 e. The minimum absolute atomic E-state index is 0.0654. The lowest BCUT2D eigenvalue weighted by Gasteiger charge is -2.40. The van der Waals surface area contributed by atoms with Crippen LogP contribution in [0.2, 0.25) is 0 Å². The molecule has 10 heteroatoms. The van der Waals surface area contributed by atoms with Crippen molar-refractivity contribution in [1.82, 2.24) is 15.6 Å². The Morgan fingerprint density at radius 3 is 2.24 bits per heavy atom. The molecule has 10 nitrogen and oxygen atoms in total. The third kappa shape index (κ3) is 5.82. The monoisotopic (exact) mass is 557 g/mol. The number of nitrogens with one attached hydrogen (secondary N) is 2. The number of anilines is 1. The number of primary amides is 1. The highest BCUT2D eigenvalue weighted by Crippen LogP contribution is 2.38. The summed E-state index contributed by atoms with van der Waals surface area (Å²) in [6.45, 7) is 1.89. The predicted molar refractivity (Wildman–Crippen MR) is 154 cm³/mol. The number of rotatable bonds is 9. The molecule has 5 rings (SSSR count). The molecule has 0 saturated carbocycles. The molecule has 2 saturated heterocycles. The summed E-state index contributed by atoms with van der Waals surface area (Å²) in [6.07, 6.45) is 5.19. The number of fused-ring (bicyclic) bond motifs is 2. The van der Waals surface area contributed by atoms with E-state index in [0.29, 0.717) is 28.2 Å². The normalized spacial score (nSPS) is 20.2. The molecule has 0 aliphatic carbocycles. The van der Waals surface area contributed by atoms with Crippen LogP contribution in [0, 0.1) is 6.92 Å². The largest absolute Gasteiger partial charge is 0.497 e. The molecule has 1 aromatic heterocycles. The average Bonchev–Trinajstić information content (AvgIpc) is 3.25. The Bertz CT molecular complexity index is 1410. The van der Waals surface area contributed by atoms with Crippen LogP contribution in [-0.4, -0.2) is 55.1 Å². The van der Waals surface area contributed by atoms with Crippen molar-refractivity contribution in [2.75, 3.05) is 19.1 Å². The third-order valence-electron chi connectivity index (χ3n) is 8.10. The first-order chi connectivity index (χ1) is 19.8.